The summed E-state index contributed by atoms with van der Waals surface area (Å²) in [6.07, 6.45) is 13.3. The van der Waals surface area contributed by atoms with Gasteiger partial charge in [0.1, 0.15) is 0 Å². The molecule has 0 nitrogen and oxygen atoms in total. The molecule has 2 aromatic rings. The topological polar surface area (TPSA) is 0 Å². The molecule has 0 aliphatic heterocycles. The van der Waals surface area contributed by atoms with E-state index in [0.717, 1.165) is 5.92 Å². The van der Waals surface area contributed by atoms with Crippen LogP contribution in [-0.4, -0.2) is 8.07 Å². The van der Waals surface area contributed by atoms with E-state index in [1.807, 2.05) is 0 Å². The molecule has 0 spiro atoms. The molecule has 4 rings (SSSR count). The average molecular weight is 465 g/mol. The van der Waals surface area contributed by atoms with Crippen molar-refractivity contribution in [2.45, 2.75) is 65.1 Å². The van der Waals surface area contributed by atoms with Gasteiger partial charge in [0, 0.05) is 32.6 Å². The molecule has 0 heterocycles. The van der Waals surface area contributed by atoms with Crippen LogP contribution in [0, 0.1) is 19.3 Å². The molecule has 0 atom stereocenters. The van der Waals surface area contributed by atoms with Crippen molar-refractivity contribution in [2.24, 2.45) is 5.92 Å². The summed E-state index contributed by atoms with van der Waals surface area (Å²) in [7, 11) is -1.24. The van der Waals surface area contributed by atoms with Crippen LogP contribution in [0.3, 0.4) is 0 Å². The third-order valence-corrected chi connectivity index (χ3v) is 8.40. The quantitative estimate of drug-likeness (QED) is 0.422. The van der Waals surface area contributed by atoms with E-state index in [1.165, 1.54) is 71.5 Å². The van der Waals surface area contributed by atoms with Crippen LogP contribution in [0.15, 0.2) is 42.0 Å². The number of allylic oxidation sites excluding steroid dienone is 1. The maximum atomic E-state index is 2.48. The normalized spacial score (nSPS) is 17.1. The Morgan fingerprint density at radius 3 is 2.25 bits per heavy atom. The van der Waals surface area contributed by atoms with Crippen LogP contribution in [0.4, 0.5) is 0 Å². The fraction of sp³-hybridized carbons (Fsp3) is 0.423. The molecule has 0 unspecified atom stereocenters. The summed E-state index contributed by atoms with van der Waals surface area (Å²) in [5, 5.41) is 1.54. The molecule has 0 saturated heterocycles. The van der Waals surface area contributed by atoms with E-state index in [-0.39, 0.29) is 26.2 Å². The van der Waals surface area contributed by atoms with Gasteiger partial charge in [0.05, 0.1) is 8.07 Å². The van der Waals surface area contributed by atoms with Gasteiger partial charge in [-0.05, 0) is 41.5 Å². The van der Waals surface area contributed by atoms with Crippen LogP contribution in [0.2, 0.25) is 19.6 Å². The van der Waals surface area contributed by atoms with Gasteiger partial charge in [-0.1, -0.05) is 111 Å². The summed E-state index contributed by atoms with van der Waals surface area (Å²) in [6.45, 7) is 9.48. The Balaban J connectivity index is 0.00000225. The zero-order valence-electron chi connectivity index (χ0n) is 17.9. The van der Waals surface area contributed by atoms with Crippen LogP contribution in [-0.2, 0) is 26.2 Å². The fourth-order valence-corrected chi connectivity index (χ4v) is 5.93. The summed E-state index contributed by atoms with van der Waals surface area (Å²) in [6, 6.07) is 14.1. The molecule has 0 amide bonds. The molecule has 2 aliphatic rings. The molecule has 2 heteroatoms. The number of hydrogen-bond donors (Lipinski definition) is 0. The standard InChI is InChI=1S/C26H33Si.Zr/c1-19-14-23-17-21(16-20-8-6-5-7-9-20)18-26(23)25(15-19)22-10-12-24(13-11-22)27(2,3)4;/h10-15,17-18,20H,5-9,16H2,1-4H3;. The Morgan fingerprint density at radius 1 is 0.929 bits per heavy atom. The molecule has 1 saturated carbocycles. The monoisotopic (exact) mass is 463 g/mol. The van der Waals surface area contributed by atoms with Gasteiger partial charge >= 0.3 is 0 Å². The molecule has 1 radical (unpaired) electrons. The van der Waals surface area contributed by atoms with E-state index < -0.39 is 8.07 Å². The Kier molecular flexibility index (Phi) is 7.04. The third-order valence-electron chi connectivity index (χ3n) is 6.34. The Labute approximate surface area is 192 Å². The Morgan fingerprint density at radius 2 is 1.61 bits per heavy atom. The largest absolute Gasteiger partial charge is 0.0775 e. The van der Waals surface area contributed by atoms with E-state index in [1.54, 1.807) is 5.57 Å². The molecular weight excluding hydrogens is 432 g/mol. The predicted molar refractivity (Wildman–Crippen MR) is 122 cm³/mol. The van der Waals surface area contributed by atoms with Crippen molar-refractivity contribution < 1.29 is 26.2 Å². The van der Waals surface area contributed by atoms with Gasteiger partial charge in [-0.25, -0.2) is 0 Å². The average Bonchev–Trinajstić information content (AvgIpc) is 3.03. The predicted octanol–water partition coefficient (Wildman–Crippen LogP) is 7.12. The SMILES string of the molecule is Cc1cc2c(c(-c3ccc([Si](C)(C)C)cc3)c1)C=C(CC1CCCCC1)[CH]2.[Zr]. The summed E-state index contributed by atoms with van der Waals surface area (Å²) < 4.78 is 0. The third kappa shape index (κ3) is 4.88. The second kappa shape index (κ2) is 8.97. The van der Waals surface area contributed by atoms with Gasteiger partial charge in [0.2, 0.25) is 0 Å². The number of rotatable bonds is 4. The van der Waals surface area contributed by atoms with E-state index in [0.29, 0.717) is 0 Å². The van der Waals surface area contributed by atoms with Gasteiger partial charge in [-0.15, -0.1) is 0 Å². The van der Waals surface area contributed by atoms with Gasteiger partial charge in [-0.3, -0.25) is 0 Å². The van der Waals surface area contributed by atoms with Crippen LogP contribution < -0.4 is 5.19 Å². The fourth-order valence-electron chi connectivity index (χ4n) is 4.76. The van der Waals surface area contributed by atoms with Gasteiger partial charge in [0.15, 0.2) is 0 Å². The van der Waals surface area contributed by atoms with Crippen molar-refractivity contribution in [3.8, 4) is 11.1 Å². The second-order valence-electron chi connectivity index (χ2n) is 9.71. The van der Waals surface area contributed by atoms with Crippen molar-refractivity contribution in [3.63, 3.8) is 0 Å². The first-order valence-corrected chi connectivity index (χ1v) is 14.2. The molecule has 0 aromatic heterocycles. The Bertz CT molecular complexity index is 849. The van der Waals surface area contributed by atoms with E-state index in [9.17, 15) is 0 Å². The van der Waals surface area contributed by atoms with Crippen molar-refractivity contribution in [1.82, 2.24) is 0 Å². The first-order valence-electron chi connectivity index (χ1n) is 10.7. The van der Waals surface area contributed by atoms with Crippen LogP contribution in [0.5, 0.6) is 0 Å². The molecule has 1 fully saturated rings. The summed E-state index contributed by atoms with van der Waals surface area (Å²) in [5.41, 5.74) is 8.53. The maximum absolute atomic E-state index is 2.48. The zero-order chi connectivity index (χ0) is 19.0. The van der Waals surface area contributed by atoms with Crippen LogP contribution in [0.25, 0.3) is 17.2 Å². The first kappa shape index (κ1) is 22.0. The van der Waals surface area contributed by atoms with E-state index in [4.69, 9.17) is 0 Å². The van der Waals surface area contributed by atoms with Crippen LogP contribution >= 0.6 is 0 Å². The molecular formula is C26H33SiZr. The van der Waals surface area contributed by atoms with Crippen molar-refractivity contribution in [3.05, 3.63) is 65.1 Å². The molecule has 28 heavy (non-hydrogen) atoms. The second-order valence-corrected chi connectivity index (χ2v) is 14.8. The van der Waals surface area contributed by atoms with Gasteiger partial charge in [-0.2, -0.15) is 0 Å². The molecule has 2 aromatic carbocycles. The number of benzene rings is 2. The zero-order valence-corrected chi connectivity index (χ0v) is 21.4. The van der Waals surface area contributed by atoms with Crippen LogP contribution in [0.1, 0.15) is 55.2 Å². The summed E-state index contributed by atoms with van der Waals surface area (Å²) in [4.78, 5) is 0. The van der Waals surface area contributed by atoms with E-state index >= 15 is 0 Å². The molecule has 2 aliphatic carbocycles. The number of fused-ring (bicyclic) bond motifs is 1. The number of aryl methyl sites for hydroxylation is 1. The first-order chi connectivity index (χ1) is 12.9. The minimum Gasteiger partial charge on any atom is -0.0656 e. The Hall–Kier alpha value is -0.720. The maximum Gasteiger partial charge on any atom is 0.0775 e. The van der Waals surface area contributed by atoms with Crippen molar-refractivity contribution >= 4 is 19.3 Å². The molecule has 145 valence electrons. The summed E-state index contributed by atoms with van der Waals surface area (Å²) in [5.74, 6) is 0.899. The minimum absolute atomic E-state index is 0. The van der Waals surface area contributed by atoms with Crippen molar-refractivity contribution in [1.29, 1.82) is 0 Å². The smallest absolute Gasteiger partial charge is 0.0656 e. The van der Waals surface area contributed by atoms with Gasteiger partial charge in [0.25, 0.3) is 0 Å². The van der Waals surface area contributed by atoms with Crippen molar-refractivity contribution in [2.75, 3.05) is 0 Å². The van der Waals surface area contributed by atoms with Gasteiger partial charge < -0.3 is 0 Å². The molecule has 0 N–H and O–H groups in total. The molecule has 0 bridgehead atoms. The number of hydrogen-bond acceptors (Lipinski definition) is 0. The minimum atomic E-state index is -1.24. The summed E-state index contributed by atoms with van der Waals surface area (Å²) >= 11 is 0. The van der Waals surface area contributed by atoms with E-state index in [2.05, 4.69) is 75.5 Å².